The van der Waals surface area contributed by atoms with Gasteiger partial charge in [-0.1, -0.05) is 0 Å². The predicted molar refractivity (Wildman–Crippen MR) is 76.7 cm³/mol. The van der Waals surface area contributed by atoms with Crippen LogP contribution < -0.4 is 22.5 Å². The third-order valence-corrected chi connectivity index (χ3v) is 2.71. The van der Waals surface area contributed by atoms with E-state index in [1.54, 1.807) is 0 Å². The Hall–Kier alpha value is -2.72. The molecule has 0 radical (unpaired) electrons. The van der Waals surface area contributed by atoms with Crippen molar-refractivity contribution in [1.82, 2.24) is 10.9 Å². The smallest absolute Gasteiger partial charge is 0.331 e. The molecule has 10 heteroatoms. The second kappa shape index (κ2) is 10.1. The number of nitrogens with one attached hydrogen (secondary N) is 2. The van der Waals surface area contributed by atoms with Crippen molar-refractivity contribution < 1.29 is 29.4 Å². The SMILES string of the molecule is C/C(C(=O)O)=C(\C)C(=O)NN.C/C(C(=O)O)=C(\C)C(=O)NN. The quantitative estimate of drug-likeness (QED) is 0.161. The number of rotatable bonds is 4. The summed E-state index contributed by atoms with van der Waals surface area (Å²) in [5.74, 6) is 6.17. The molecule has 0 aliphatic carbocycles. The van der Waals surface area contributed by atoms with E-state index < -0.39 is 23.8 Å². The van der Waals surface area contributed by atoms with Crippen molar-refractivity contribution in [3.63, 3.8) is 0 Å². The van der Waals surface area contributed by atoms with Crippen molar-refractivity contribution >= 4 is 23.8 Å². The number of carbonyl (C=O) groups is 4. The van der Waals surface area contributed by atoms with Crippen LogP contribution in [0.1, 0.15) is 27.7 Å². The van der Waals surface area contributed by atoms with Crippen LogP contribution in [0.4, 0.5) is 0 Å². The maximum atomic E-state index is 10.7. The van der Waals surface area contributed by atoms with E-state index >= 15 is 0 Å². The summed E-state index contributed by atoms with van der Waals surface area (Å²) in [6, 6.07) is 0. The lowest BCUT2D eigenvalue weighted by Crippen LogP contribution is -2.31. The third kappa shape index (κ3) is 7.17. The number of hydrogen-bond donors (Lipinski definition) is 6. The summed E-state index contributed by atoms with van der Waals surface area (Å²) in [5.41, 5.74) is 3.89. The first-order valence-corrected chi connectivity index (χ1v) is 5.84. The molecule has 22 heavy (non-hydrogen) atoms. The molecule has 2 amide bonds. The number of hydrazine groups is 2. The normalized spacial score (nSPS) is 11.9. The van der Waals surface area contributed by atoms with Gasteiger partial charge in [-0.15, -0.1) is 0 Å². The van der Waals surface area contributed by atoms with Gasteiger partial charge >= 0.3 is 11.9 Å². The van der Waals surface area contributed by atoms with Gasteiger partial charge in [0.15, 0.2) is 0 Å². The van der Waals surface area contributed by atoms with Crippen LogP contribution in [0.2, 0.25) is 0 Å². The van der Waals surface area contributed by atoms with Crippen molar-refractivity contribution in [2.45, 2.75) is 27.7 Å². The molecule has 0 rings (SSSR count). The molecular weight excluding hydrogens is 296 g/mol. The molecule has 0 saturated carbocycles. The maximum absolute atomic E-state index is 10.7. The topological polar surface area (TPSA) is 185 Å². The second-order valence-electron chi connectivity index (χ2n) is 4.06. The molecule has 8 N–H and O–H groups in total. The molecule has 0 aromatic carbocycles. The lowest BCUT2D eigenvalue weighted by Gasteiger charge is -2.00. The van der Waals surface area contributed by atoms with Crippen LogP contribution >= 0.6 is 0 Å². The molecule has 0 aliphatic rings. The van der Waals surface area contributed by atoms with Gasteiger partial charge in [0, 0.05) is 22.3 Å². The molecule has 0 fully saturated rings. The molecule has 0 spiro atoms. The van der Waals surface area contributed by atoms with E-state index in [0.29, 0.717) is 0 Å². The Labute approximate surface area is 126 Å². The van der Waals surface area contributed by atoms with Gasteiger partial charge in [-0.2, -0.15) is 0 Å². The van der Waals surface area contributed by atoms with Crippen molar-refractivity contribution in [3.8, 4) is 0 Å². The minimum absolute atomic E-state index is 0.00653. The van der Waals surface area contributed by atoms with E-state index in [4.69, 9.17) is 21.9 Å². The number of carboxylic acid groups (broad SMARTS) is 2. The Morgan fingerprint density at radius 1 is 0.636 bits per heavy atom. The molecule has 0 bridgehead atoms. The minimum atomic E-state index is -1.12. The number of aliphatic carboxylic acids is 2. The van der Waals surface area contributed by atoms with Crippen LogP contribution in [0.5, 0.6) is 0 Å². The van der Waals surface area contributed by atoms with E-state index in [1.165, 1.54) is 27.7 Å². The van der Waals surface area contributed by atoms with Crippen molar-refractivity contribution in [3.05, 3.63) is 22.3 Å². The van der Waals surface area contributed by atoms with Crippen LogP contribution in [0, 0.1) is 0 Å². The average Bonchev–Trinajstić information content (AvgIpc) is 2.50. The molecule has 0 atom stereocenters. The summed E-state index contributed by atoms with van der Waals surface area (Å²) in [7, 11) is 0. The fourth-order valence-corrected chi connectivity index (χ4v) is 0.878. The highest BCUT2D eigenvalue weighted by Gasteiger charge is 2.11. The van der Waals surface area contributed by atoms with E-state index in [1.807, 2.05) is 10.9 Å². The Kier molecular flexibility index (Phi) is 9.88. The largest absolute Gasteiger partial charge is 0.478 e. The summed E-state index contributed by atoms with van der Waals surface area (Å²) in [4.78, 5) is 42.0. The number of hydrogen-bond acceptors (Lipinski definition) is 6. The van der Waals surface area contributed by atoms with Crippen molar-refractivity contribution in [2.24, 2.45) is 11.7 Å². The van der Waals surface area contributed by atoms with Crippen LogP contribution in [-0.2, 0) is 19.2 Å². The predicted octanol–water partition coefficient (Wildman–Crippen LogP) is -1.21. The van der Waals surface area contributed by atoms with Crippen LogP contribution in [0.15, 0.2) is 22.3 Å². The first kappa shape index (κ1) is 21.6. The summed E-state index contributed by atoms with van der Waals surface area (Å²) < 4.78 is 0. The molecule has 0 aromatic heterocycles. The standard InChI is InChI=1S/2C6H10N2O3/c2*1-3(5(9)8-7)4(2)6(10)11/h2*7H2,1-2H3,(H,8,9)(H,10,11)/b2*4-3-. The third-order valence-electron chi connectivity index (χ3n) is 2.71. The van der Waals surface area contributed by atoms with E-state index in [9.17, 15) is 19.2 Å². The Morgan fingerprint density at radius 2 is 0.864 bits per heavy atom. The van der Waals surface area contributed by atoms with Gasteiger partial charge in [-0.3, -0.25) is 20.4 Å². The molecule has 0 saturated heterocycles. The first-order chi connectivity index (χ1) is 10.0. The van der Waals surface area contributed by atoms with Crippen molar-refractivity contribution in [2.75, 3.05) is 0 Å². The van der Waals surface area contributed by atoms with Gasteiger partial charge in [0.25, 0.3) is 11.8 Å². The lowest BCUT2D eigenvalue weighted by atomic mass is 10.1. The average molecular weight is 316 g/mol. The van der Waals surface area contributed by atoms with E-state index in [0.717, 1.165) is 0 Å². The maximum Gasteiger partial charge on any atom is 0.331 e. The molecular formula is C12H20N4O6. The molecule has 0 unspecified atom stereocenters. The fraction of sp³-hybridized carbons (Fsp3) is 0.333. The van der Waals surface area contributed by atoms with Crippen LogP contribution in [0.3, 0.4) is 0 Å². The summed E-state index contributed by atoms with van der Waals surface area (Å²) in [6.45, 7) is 5.47. The van der Waals surface area contributed by atoms with Gasteiger partial charge in [-0.05, 0) is 27.7 Å². The number of amides is 2. The number of nitrogens with two attached hydrogens (primary N) is 2. The van der Waals surface area contributed by atoms with E-state index in [2.05, 4.69) is 0 Å². The Bertz CT molecular complexity index is 488. The van der Waals surface area contributed by atoms with Gasteiger partial charge in [0.1, 0.15) is 0 Å². The van der Waals surface area contributed by atoms with Gasteiger partial charge in [0.05, 0.1) is 0 Å². The highest BCUT2D eigenvalue weighted by atomic mass is 16.4. The summed E-state index contributed by atoms with van der Waals surface area (Å²) in [5, 5.41) is 16.8. The molecule has 0 heterocycles. The minimum Gasteiger partial charge on any atom is -0.478 e. The van der Waals surface area contributed by atoms with Gasteiger partial charge < -0.3 is 10.2 Å². The van der Waals surface area contributed by atoms with Crippen molar-refractivity contribution in [1.29, 1.82) is 0 Å². The van der Waals surface area contributed by atoms with Crippen LogP contribution in [-0.4, -0.2) is 34.0 Å². The Balaban J connectivity index is 0. The van der Waals surface area contributed by atoms with Crippen LogP contribution in [0.25, 0.3) is 0 Å². The number of carbonyl (C=O) groups excluding carboxylic acids is 2. The lowest BCUT2D eigenvalue weighted by molar-refractivity contribution is -0.133. The highest BCUT2D eigenvalue weighted by Crippen LogP contribution is 2.02. The second-order valence-corrected chi connectivity index (χ2v) is 4.06. The summed E-state index contributed by atoms with van der Waals surface area (Å²) in [6.07, 6.45) is 0. The zero-order chi connectivity index (χ0) is 18.0. The van der Waals surface area contributed by atoms with E-state index in [-0.39, 0.29) is 22.3 Å². The van der Waals surface area contributed by atoms with Gasteiger partial charge in [0.2, 0.25) is 0 Å². The molecule has 124 valence electrons. The zero-order valence-corrected chi connectivity index (χ0v) is 12.7. The molecule has 10 nitrogen and oxygen atoms in total. The fourth-order valence-electron chi connectivity index (χ4n) is 0.878. The zero-order valence-electron chi connectivity index (χ0n) is 12.7. The monoisotopic (exact) mass is 316 g/mol. The number of carboxylic acids is 2. The van der Waals surface area contributed by atoms with Gasteiger partial charge in [-0.25, -0.2) is 21.3 Å². The highest BCUT2D eigenvalue weighted by molar-refractivity contribution is 6.01. The molecule has 0 aliphatic heterocycles. The summed E-state index contributed by atoms with van der Waals surface area (Å²) >= 11 is 0. The Morgan fingerprint density at radius 3 is 1.00 bits per heavy atom. The first-order valence-electron chi connectivity index (χ1n) is 5.84. The molecule has 0 aromatic rings.